The Morgan fingerprint density at radius 3 is 2.77 bits per heavy atom. The fourth-order valence-electron chi connectivity index (χ4n) is 4.07. The Morgan fingerprint density at radius 2 is 1.93 bits per heavy atom. The molecule has 0 spiro atoms. The van der Waals surface area contributed by atoms with E-state index in [0.29, 0.717) is 0 Å². The molecule has 0 bridgehead atoms. The summed E-state index contributed by atoms with van der Waals surface area (Å²) in [5, 5.41) is 9.07. The van der Waals surface area contributed by atoms with Crippen LogP contribution in [-0.4, -0.2) is 27.4 Å². The van der Waals surface area contributed by atoms with Crippen LogP contribution in [0.3, 0.4) is 0 Å². The lowest BCUT2D eigenvalue weighted by Gasteiger charge is -2.15. The summed E-state index contributed by atoms with van der Waals surface area (Å²) in [6.45, 7) is 0. The lowest BCUT2D eigenvalue weighted by atomic mass is 10.1. The number of carbonyl (C=O) groups excluding carboxylic acids is 1. The number of nitrogens with one attached hydrogen (secondary N) is 3. The predicted molar refractivity (Wildman–Crippen MR) is 118 cm³/mol. The SMILES string of the molecule is CNc1nccn2c(-c3ccc(NC(=O)NC4CCc5ccccc54)cc3)cnc12. The smallest absolute Gasteiger partial charge is 0.319 e. The molecule has 1 aliphatic carbocycles. The molecule has 0 fully saturated rings. The second-order valence-corrected chi connectivity index (χ2v) is 7.33. The minimum absolute atomic E-state index is 0.0635. The first-order chi connectivity index (χ1) is 14.7. The number of fused-ring (bicyclic) bond motifs is 2. The van der Waals surface area contributed by atoms with Gasteiger partial charge in [0.2, 0.25) is 0 Å². The Morgan fingerprint density at radius 1 is 1.10 bits per heavy atom. The van der Waals surface area contributed by atoms with E-state index >= 15 is 0 Å². The number of aryl methyl sites for hydroxylation is 1. The van der Waals surface area contributed by atoms with Crippen molar-refractivity contribution in [3.8, 4) is 11.3 Å². The van der Waals surface area contributed by atoms with E-state index < -0.39 is 0 Å². The second kappa shape index (κ2) is 7.51. The first-order valence-electron chi connectivity index (χ1n) is 9.98. The van der Waals surface area contributed by atoms with Gasteiger partial charge in [-0.2, -0.15) is 0 Å². The van der Waals surface area contributed by atoms with Gasteiger partial charge in [-0.05, 0) is 36.1 Å². The second-order valence-electron chi connectivity index (χ2n) is 7.33. The number of carbonyl (C=O) groups is 1. The highest BCUT2D eigenvalue weighted by Gasteiger charge is 2.23. The summed E-state index contributed by atoms with van der Waals surface area (Å²) in [6, 6.07) is 15.9. The first-order valence-corrected chi connectivity index (χ1v) is 9.98. The predicted octanol–water partition coefficient (Wildman–Crippen LogP) is 4.25. The minimum atomic E-state index is -0.191. The molecule has 4 aromatic rings. The molecule has 2 aromatic carbocycles. The van der Waals surface area contributed by atoms with E-state index in [1.165, 1.54) is 11.1 Å². The molecule has 150 valence electrons. The topological polar surface area (TPSA) is 83.3 Å². The van der Waals surface area contributed by atoms with Crippen molar-refractivity contribution in [2.75, 3.05) is 17.7 Å². The van der Waals surface area contributed by atoms with Crippen LogP contribution in [0.15, 0.2) is 67.1 Å². The average molecular weight is 398 g/mol. The zero-order valence-corrected chi connectivity index (χ0v) is 16.6. The summed E-state index contributed by atoms with van der Waals surface area (Å²) in [6.07, 6.45) is 7.39. The highest BCUT2D eigenvalue weighted by molar-refractivity contribution is 5.90. The molecule has 2 aromatic heterocycles. The van der Waals surface area contributed by atoms with Crippen molar-refractivity contribution >= 4 is 23.2 Å². The standard InChI is InChI=1S/C23H22N6O/c1-24-21-22-26-14-20(29(22)13-12-25-21)16-6-9-17(10-7-16)27-23(30)28-19-11-8-15-4-2-3-5-18(15)19/h2-7,9-10,12-14,19H,8,11H2,1H3,(H,24,25)(H2,27,28,30). The number of nitrogens with zero attached hydrogens (tertiary/aromatic N) is 3. The van der Waals surface area contributed by atoms with E-state index in [1.807, 2.05) is 60.2 Å². The van der Waals surface area contributed by atoms with Crippen LogP contribution >= 0.6 is 0 Å². The maximum absolute atomic E-state index is 12.5. The number of anilines is 2. The summed E-state index contributed by atoms with van der Waals surface area (Å²) in [5.74, 6) is 0.729. The van der Waals surface area contributed by atoms with Crippen LogP contribution in [0.4, 0.5) is 16.3 Å². The molecule has 1 atom stereocenters. The van der Waals surface area contributed by atoms with Crippen LogP contribution in [0.25, 0.3) is 16.9 Å². The van der Waals surface area contributed by atoms with Gasteiger partial charge in [-0.15, -0.1) is 0 Å². The number of hydrogen-bond donors (Lipinski definition) is 3. The minimum Gasteiger partial charge on any atom is -0.370 e. The Labute approximate surface area is 174 Å². The normalized spacial score (nSPS) is 15.0. The van der Waals surface area contributed by atoms with E-state index in [9.17, 15) is 4.79 Å². The first kappa shape index (κ1) is 18.2. The Bertz CT molecular complexity index is 1210. The van der Waals surface area contributed by atoms with E-state index in [0.717, 1.165) is 41.3 Å². The van der Waals surface area contributed by atoms with Crippen molar-refractivity contribution in [2.24, 2.45) is 0 Å². The van der Waals surface area contributed by atoms with E-state index in [4.69, 9.17) is 0 Å². The third-order valence-electron chi connectivity index (χ3n) is 5.54. The van der Waals surface area contributed by atoms with Gasteiger partial charge in [0, 0.05) is 30.7 Å². The quantitative estimate of drug-likeness (QED) is 0.480. The molecule has 30 heavy (non-hydrogen) atoms. The number of rotatable bonds is 4. The number of urea groups is 1. The molecule has 0 saturated heterocycles. The van der Waals surface area contributed by atoms with Gasteiger partial charge in [0.15, 0.2) is 11.5 Å². The maximum Gasteiger partial charge on any atom is 0.319 e. The van der Waals surface area contributed by atoms with Crippen molar-refractivity contribution < 1.29 is 4.79 Å². The fraction of sp³-hybridized carbons (Fsp3) is 0.174. The van der Waals surface area contributed by atoms with Gasteiger partial charge in [-0.1, -0.05) is 36.4 Å². The van der Waals surface area contributed by atoms with Crippen molar-refractivity contribution in [3.63, 3.8) is 0 Å². The Hall–Kier alpha value is -3.87. The molecule has 5 rings (SSSR count). The van der Waals surface area contributed by atoms with E-state index in [1.54, 1.807) is 6.20 Å². The van der Waals surface area contributed by atoms with Crippen LogP contribution in [0.2, 0.25) is 0 Å². The van der Waals surface area contributed by atoms with Crippen LogP contribution in [0.1, 0.15) is 23.6 Å². The third kappa shape index (κ3) is 3.24. The van der Waals surface area contributed by atoms with Gasteiger partial charge >= 0.3 is 6.03 Å². The van der Waals surface area contributed by atoms with Gasteiger partial charge in [-0.25, -0.2) is 14.8 Å². The van der Waals surface area contributed by atoms with Crippen LogP contribution in [0.5, 0.6) is 0 Å². The molecule has 7 heteroatoms. The molecule has 0 aliphatic heterocycles. The highest BCUT2D eigenvalue weighted by Crippen LogP contribution is 2.31. The number of hydrogen-bond acceptors (Lipinski definition) is 4. The van der Waals surface area contributed by atoms with Crippen molar-refractivity contribution in [3.05, 3.63) is 78.2 Å². The van der Waals surface area contributed by atoms with Gasteiger partial charge in [0.25, 0.3) is 0 Å². The van der Waals surface area contributed by atoms with Crippen LogP contribution in [0, 0.1) is 0 Å². The number of imidazole rings is 1. The lowest BCUT2D eigenvalue weighted by molar-refractivity contribution is 0.248. The van der Waals surface area contributed by atoms with Crippen LogP contribution in [-0.2, 0) is 6.42 Å². The van der Waals surface area contributed by atoms with Gasteiger partial charge in [0.1, 0.15) is 0 Å². The van der Waals surface area contributed by atoms with Crippen molar-refractivity contribution in [2.45, 2.75) is 18.9 Å². The zero-order valence-electron chi connectivity index (χ0n) is 16.6. The molecular weight excluding hydrogens is 376 g/mol. The zero-order chi connectivity index (χ0) is 20.5. The Balaban J connectivity index is 1.30. The van der Waals surface area contributed by atoms with Gasteiger partial charge in [-0.3, -0.25) is 4.40 Å². The lowest BCUT2D eigenvalue weighted by Crippen LogP contribution is -2.31. The maximum atomic E-state index is 12.5. The van der Waals surface area contributed by atoms with E-state index in [-0.39, 0.29) is 12.1 Å². The molecule has 1 aliphatic rings. The molecule has 0 radical (unpaired) electrons. The van der Waals surface area contributed by atoms with E-state index in [2.05, 4.69) is 38.1 Å². The number of aromatic nitrogens is 3. The molecule has 3 N–H and O–H groups in total. The molecule has 2 amide bonds. The van der Waals surface area contributed by atoms with Crippen molar-refractivity contribution in [1.82, 2.24) is 19.7 Å². The van der Waals surface area contributed by atoms with Gasteiger partial charge in [0.05, 0.1) is 17.9 Å². The molecule has 7 nitrogen and oxygen atoms in total. The molecule has 2 heterocycles. The molecular formula is C23H22N6O. The van der Waals surface area contributed by atoms with Crippen molar-refractivity contribution in [1.29, 1.82) is 0 Å². The summed E-state index contributed by atoms with van der Waals surface area (Å²) < 4.78 is 1.99. The number of benzene rings is 2. The third-order valence-corrected chi connectivity index (χ3v) is 5.54. The van der Waals surface area contributed by atoms with Gasteiger partial charge < -0.3 is 16.0 Å². The molecule has 1 unspecified atom stereocenters. The average Bonchev–Trinajstić information content (AvgIpc) is 3.39. The largest absolute Gasteiger partial charge is 0.370 e. The Kier molecular flexibility index (Phi) is 4.55. The summed E-state index contributed by atoms with van der Waals surface area (Å²) in [4.78, 5) is 21.2. The summed E-state index contributed by atoms with van der Waals surface area (Å²) in [5.41, 5.74) is 6.01. The summed E-state index contributed by atoms with van der Waals surface area (Å²) >= 11 is 0. The fourth-order valence-corrected chi connectivity index (χ4v) is 4.07. The highest BCUT2D eigenvalue weighted by atomic mass is 16.2. The number of amides is 2. The summed E-state index contributed by atoms with van der Waals surface area (Å²) in [7, 11) is 1.83. The van der Waals surface area contributed by atoms with Crippen LogP contribution < -0.4 is 16.0 Å². The monoisotopic (exact) mass is 398 g/mol. The molecule has 0 saturated carbocycles.